The fourth-order valence-corrected chi connectivity index (χ4v) is 5.08. The molecule has 0 amide bonds. The van der Waals surface area contributed by atoms with Crippen LogP contribution < -0.4 is 9.61 Å². The molecule has 1 N–H and O–H groups in total. The van der Waals surface area contributed by atoms with E-state index in [1.54, 1.807) is 0 Å². The summed E-state index contributed by atoms with van der Waals surface area (Å²) in [6, 6.07) is 1.69. The van der Waals surface area contributed by atoms with Gasteiger partial charge in [0.05, 0.1) is 19.3 Å². The van der Waals surface area contributed by atoms with Crippen LogP contribution >= 0.6 is 11.3 Å². The van der Waals surface area contributed by atoms with Crippen LogP contribution in [0.4, 0.5) is 8.78 Å². The third-order valence-corrected chi connectivity index (χ3v) is 6.86. The van der Waals surface area contributed by atoms with E-state index in [9.17, 15) is 22.0 Å². The first-order valence-corrected chi connectivity index (χ1v) is 9.42. The van der Waals surface area contributed by atoms with E-state index < -0.39 is 32.6 Å². The smallest absolute Gasteiger partial charge is 0.305 e. The average Bonchev–Trinajstić information content (AvgIpc) is 3.01. The number of morpholine rings is 1. The van der Waals surface area contributed by atoms with E-state index in [0.29, 0.717) is 17.4 Å². The lowest BCUT2D eigenvalue weighted by molar-refractivity contribution is -0.00569. The van der Waals surface area contributed by atoms with Gasteiger partial charge in [0.15, 0.2) is 4.21 Å². The van der Waals surface area contributed by atoms with Crippen LogP contribution in [-0.4, -0.2) is 44.5 Å². The van der Waals surface area contributed by atoms with Crippen molar-refractivity contribution >= 4 is 21.4 Å². The molecule has 7 nitrogen and oxygen atoms in total. The Hall–Kier alpha value is -1.82. The molecular formula is C14H14F2N2O5S2. The minimum atomic E-state index is -3.92. The second-order valence-corrected chi connectivity index (χ2v) is 8.40. The maximum absolute atomic E-state index is 14.2. The highest BCUT2D eigenvalue weighted by molar-refractivity contribution is 7.91. The number of rotatable bonds is 4. The molecule has 1 saturated heterocycles. The Balaban J connectivity index is 1.93. The molecule has 2 heterocycles. The first kappa shape index (κ1) is 18.0. The number of ether oxygens (including phenoxy) is 2. The Kier molecular flexibility index (Phi) is 4.91. The monoisotopic (exact) mass is 392 g/mol. The number of H-pyrrole nitrogens is 1. The number of methoxy groups -OCH3 is 1. The Bertz CT molecular complexity index is 941. The van der Waals surface area contributed by atoms with Gasteiger partial charge >= 0.3 is 4.87 Å². The standard InChI is InChI=1S/C14H14F2N2O5S2/c1-22-10-5-8(15)4-9(16)13(10)11-7-18(2-3-23-11)25(20,21)12-6-17-14(19)24-12/h4-6,11H,2-3,7H2,1H3,(H,17,19). The van der Waals surface area contributed by atoms with Crippen LogP contribution in [0.25, 0.3) is 0 Å². The lowest BCUT2D eigenvalue weighted by atomic mass is 10.1. The van der Waals surface area contributed by atoms with Crippen molar-refractivity contribution in [3.05, 3.63) is 45.2 Å². The zero-order valence-corrected chi connectivity index (χ0v) is 14.6. The number of thiazole rings is 1. The number of hydrogen-bond acceptors (Lipinski definition) is 6. The van der Waals surface area contributed by atoms with Crippen molar-refractivity contribution in [3.8, 4) is 5.75 Å². The quantitative estimate of drug-likeness (QED) is 0.852. The van der Waals surface area contributed by atoms with Crippen LogP contribution in [0.15, 0.2) is 27.3 Å². The first-order chi connectivity index (χ1) is 11.8. The summed E-state index contributed by atoms with van der Waals surface area (Å²) in [6.45, 7) is -0.118. The van der Waals surface area contributed by atoms with Gasteiger partial charge in [0.25, 0.3) is 10.0 Å². The van der Waals surface area contributed by atoms with Crippen LogP contribution in [0.2, 0.25) is 0 Å². The predicted octanol–water partition coefficient (Wildman–Crippen LogP) is 1.49. The number of nitrogens with zero attached hydrogens (tertiary/aromatic N) is 1. The number of benzene rings is 1. The Labute approximate surface area is 145 Å². The molecule has 1 aliphatic rings. The lowest BCUT2D eigenvalue weighted by Crippen LogP contribution is -2.42. The highest BCUT2D eigenvalue weighted by atomic mass is 32.2. The SMILES string of the molecule is COc1cc(F)cc(F)c1C1CN(S(=O)(=O)c2c[nH]c(=O)s2)CCO1. The van der Waals surface area contributed by atoms with Gasteiger partial charge in [-0.15, -0.1) is 0 Å². The van der Waals surface area contributed by atoms with E-state index in [-0.39, 0.29) is 35.2 Å². The minimum absolute atomic E-state index is 0.0171. The second kappa shape index (κ2) is 6.83. The van der Waals surface area contributed by atoms with Crippen LogP contribution in [0.1, 0.15) is 11.7 Å². The Morgan fingerprint density at radius 3 is 2.80 bits per heavy atom. The first-order valence-electron chi connectivity index (χ1n) is 7.16. The summed E-state index contributed by atoms with van der Waals surface area (Å²) in [5, 5.41) is 0. The van der Waals surface area contributed by atoms with E-state index >= 15 is 0 Å². The summed E-state index contributed by atoms with van der Waals surface area (Å²) >= 11 is 0.568. The van der Waals surface area contributed by atoms with Crippen molar-refractivity contribution in [3.63, 3.8) is 0 Å². The van der Waals surface area contributed by atoms with Gasteiger partial charge in [-0.3, -0.25) is 4.79 Å². The molecule has 1 aromatic heterocycles. The average molecular weight is 392 g/mol. The number of aromatic nitrogens is 1. The fraction of sp³-hybridized carbons (Fsp3) is 0.357. The van der Waals surface area contributed by atoms with Gasteiger partial charge in [-0.05, 0) is 0 Å². The third kappa shape index (κ3) is 3.45. The second-order valence-electron chi connectivity index (χ2n) is 5.22. The summed E-state index contributed by atoms with van der Waals surface area (Å²) in [5.74, 6) is -1.75. The maximum Gasteiger partial charge on any atom is 0.305 e. The molecule has 1 fully saturated rings. The van der Waals surface area contributed by atoms with Crippen LogP contribution in [0, 0.1) is 11.6 Å². The van der Waals surface area contributed by atoms with Gasteiger partial charge in [0, 0.05) is 31.4 Å². The summed E-state index contributed by atoms with van der Waals surface area (Å²) in [6.07, 6.45) is 0.154. The van der Waals surface area contributed by atoms with Gasteiger partial charge in [0.1, 0.15) is 23.5 Å². The normalized spacial score (nSPS) is 19.1. The van der Waals surface area contributed by atoms with E-state index in [0.717, 1.165) is 16.6 Å². The molecule has 3 rings (SSSR count). The van der Waals surface area contributed by atoms with Gasteiger partial charge < -0.3 is 14.5 Å². The zero-order valence-electron chi connectivity index (χ0n) is 13.0. The van der Waals surface area contributed by atoms with E-state index in [4.69, 9.17) is 9.47 Å². The van der Waals surface area contributed by atoms with E-state index in [1.165, 1.54) is 7.11 Å². The van der Waals surface area contributed by atoms with E-state index in [1.807, 2.05) is 0 Å². The molecular weight excluding hydrogens is 378 g/mol. The van der Waals surface area contributed by atoms with Crippen molar-refractivity contribution in [2.24, 2.45) is 0 Å². The minimum Gasteiger partial charge on any atom is -0.496 e. The number of hydrogen-bond donors (Lipinski definition) is 1. The van der Waals surface area contributed by atoms with Crippen LogP contribution in [0.5, 0.6) is 5.75 Å². The number of aromatic amines is 1. The van der Waals surface area contributed by atoms with Crippen LogP contribution in [-0.2, 0) is 14.8 Å². The van der Waals surface area contributed by atoms with Gasteiger partial charge in [-0.25, -0.2) is 17.2 Å². The number of sulfonamides is 1. The zero-order chi connectivity index (χ0) is 18.2. The van der Waals surface area contributed by atoms with E-state index in [2.05, 4.69) is 4.98 Å². The molecule has 1 atom stereocenters. The van der Waals surface area contributed by atoms with Crippen LogP contribution in [0.3, 0.4) is 0 Å². The molecule has 1 unspecified atom stereocenters. The highest BCUT2D eigenvalue weighted by Gasteiger charge is 2.35. The molecule has 0 bridgehead atoms. The molecule has 0 aliphatic carbocycles. The summed E-state index contributed by atoms with van der Waals surface area (Å²) in [7, 11) is -2.66. The van der Waals surface area contributed by atoms with Crippen molar-refractivity contribution in [1.82, 2.24) is 9.29 Å². The summed E-state index contributed by atoms with van der Waals surface area (Å²) in [4.78, 5) is 13.0. The molecule has 0 spiro atoms. The Morgan fingerprint density at radius 1 is 1.40 bits per heavy atom. The largest absolute Gasteiger partial charge is 0.496 e. The number of nitrogens with one attached hydrogen (secondary N) is 1. The summed E-state index contributed by atoms with van der Waals surface area (Å²) < 4.78 is 64.2. The lowest BCUT2D eigenvalue weighted by Gasteiger charge is -2.32. The molecule has 136 valence electrons. The third-order valence-electron chi connectivity index (χ3n) is 3.72. The van der Waals surface area contributed by atoms with Crippen molar-refractivity contribution in [2.45, 2.75) is 10.3 Å². The maximum atomic E-state index is 14.2. The van der Waals surface area contributed by atoms with Crippen molar-refractivity contribution < 1.29 is 26.7 Å². The highest BCUT2D eigenvalue weighted by Crippen LogP contribution is 2.34. The molecule has 2 aromatic rings. The summed E-state index contributed by atoms with van der Waals surface area (Å²) in [5.41, 5.74) is -0.0499. The predicted molar refractivity (Wildman–Crippen MR) is 85.3 cm³/mol. The molecule has 1 aromatic carbocycles. The number of halogens is 2. The van der Waals surface area contributed by atoms with Crippen molar-refractivity contribution in [2.75, 3.05) is 26.8 Å². The van der Waals surface area contributed by atoms with Crippen molar-refractivity contribution in [1.29, 1.82) is 0 Å². The molecule has 0 saturated carbocycles. The van der Waals surface area contributed by atoms with Gasteiger partial charge in [-0.1, -0.05) is 11.3 Å². The van der Waals surface area contributed by atoms with Gasteiger partial charge in [0.2, 0.25) is 0 Å². The molecule has 0 radical (unpaired) electrons. The Morgan fingerprint density at radius 2 is 2.16 bits per heavy atom. The molecule has 25 heavy (non-hydrogen) atoms. The molecule has 11 heteroatoms. The topological polar surface area (TPSA) is 88.7 Å². The molecule has 1 aliphatic heterocycles. The van der Waals surface area contributed by atoms with Gasteiger partial charge in [-0.2, -0.15) is 4.31 Å². The fourth-order valence-electron chi connectivity index (χ4n) is 2.58.